The van der Waals surface area contributed by atoms with E-state index in [2.05, 4.69) is 41.5 Å². The molecule has 0 atom stereocenters. The average molecular weight is 501 g/mol. The standard InChI is InChI=1S/C26H34O4.C4H10O2/c1-24(2,3)20-13-9-18(10-14-20)22(27)29-17-26(7,8)30-23(28)19-11-15-21(16-12-19)25(4,5)6;1-4(2,6)3-5/h9-16H,17H2,1-8H3;5-6H,3H2,1-2H3. The number of hydrogen-bond acceptors (Lipinski definition) is 6. The summed E-state index contributed by atoms with van der Waals surface area (Å²) >= 11 is 0. The molecule has 2 rings (SSSR count). The van der Waals surface area contributed by atoms with Gasteiger partial charge in [-0.25, -0.2) is 9.59 Å². The Bertz CT molecular complexity index is 982. The Morgan fingerprint density at radius 2 is 1.00 bits per heavy atom. The second-order valence-corrected chi connectivity index (χ2v) is 12.4. The van der Waals surface area contributed by atoms with E-state index in [1.54, 1.807) is 52.0 Å². The van der Waals surface area contributed by atoms with Crippen molar-refractivity contribution in [1.82, 2.24) is 0 Å². The Morgan fingerprint density at radius 1 is 0.667 bits per heavy atom. The van der Waals surface area contributed by atoms with Gasteiger partial charge in [0.05, 0.1) is 23.3 Å². The lowest BCUT2D eigenvalue weighted by Gasteiger charge is -2.25. The molecule has 0 radical (unpaired) electrons. The zero-order chi connectivity index (χ0) is 27.9. The van der Waals surface area contributed by atoms with Crippen LogP contribution < -0.4 is 0 Å². The van der Waals surface area contributed by atoms with E-state index in [0.717, 1.165) is 11.1 Å². The van der Waals surface area contributed by atoms with Crippen molar-refractivity contribution in [2.45, 2.75) is 91.3 Å². The molecule has 2 N–H and O–H groups in total. The minimum Gasteiger partial charge on any atom is -0.458 e. The van der Waals surface area contributed by atoms with E-state index >= 15 is 0 Å². The van der Waals surface area contributed by atoms with Crippen LogP contribution in [0, 0.1) is 0 Å². The second-order valence-electron chi connectivity index (χ2n) is 12.4. The fourth-order valence-corrected chi connectivity index (χ4v) is 2.87. The first-order valence-electron chi connectivity index (χ1n) is 12.2. The summed E-state index contributed by atoms with van der Waals surface area (Å²) in [5.74, 6) is -0.875. The SMILES string of the molecule is CC(C)(COC(=O)c1ccc(C(C)(C)C)cc1)OC(=O)c1ccc(C(C)(C)C)cc1.CC(C)(O)CO. The zero-order valence-corrected chi connectivity index (χ0v) is 23.6. The Kier molecular flexibility index (Phi) is 10.5. The van der Waals surface area contributed by atoms with Crippen LogP contribution in [0.2, 0.25) is 0 Å². The largest absolute Gasteiger partial charge is 0.458 e. The maximum absolute atomic E-state index is 12.5. The molecule has 0 bridgehead atoms. The van der Waals surface area contributed by atoms with Gasteiger partial charge in [0.15, 0.2) is 0 Å². The third-order valence-corrected chi connectivity index (χ3v) is 5.28. The molecular weight excluding hydrogens is 456 g/mol. The van der Waals surface area contributed by atoms with Crippen LogP contribution in [0.1, 0.15) is 101 Å². The number of carbonyl (C=O) groups is 2. The number of ether oxygens (including phenoxy) is 2. The highest BCUT2D eigenvalue weighted by Crippen LogP contribution is 2.24. The Labute approximate surface area is 216 Å². The Balaban J connectivity index is 0.000000960. The molecule has 0 amide bonds. The van der Waals surface area contributed by atoms with Crippen molar-refractivity contribution in [3.8, 4) is 0 Å². The first kappa shape index (κ1) is 31.3. The molecule has 0 aliphatic rings. The number of rotatable bonds is 6. The number of aliphatic hydroxyl groups excluding tert-OH is 1. The second kappa shape index (κ2) is 12.0. The number of benzene rings is 2. The molecule has 200 valence electrons. The molecule has 6 nitrogen and oxygen atoms in total. The van der Waals surface area contributed by atoms with E-state index in [1.165, 1.54) is 0 Å². The molecule has 0 unspecified atom stereocenters. The molecular formula is C30H44O6. The van der Waals surface area contributed by atoms with Crippen LogP contribution in [0.4, 0.5) is 0 Å². The molecule has 0 spiro atoms. The lowest BCUT2D eigenvalue weighted by Crippen LogP contribution is -2.34. The smallest absolute Gasteiger partial charge is 0.338 e. The number of carbonyl (C=O) groups excluding carboxylic acids is 2. The van der Waals surface area contributed by atoms with Crippen LogP contribution in [0.5, 0.6) is 0 Å². The van der Waals surface area contributed by atoms with Gasteiger partial charge in [0, 0.05) is 0 Å². The predicted octanol–water partition coefficient (Wildman–Crippen LogP) is 5.82. The monoisotopic (exact) mass is 500 g/mol. The first-order valence-corrected chi connectivity index (χ1v) is 12.2. The first-order chi connectivity index (χ1) is 16.2. The van der Waals surface area contributed by atoms with Gasteiger partial charge >= 0.3 is 11.9 Å². The van der Waals surface area contributed by atoms with Crippen LogP contribution in [0.15, 0.2) is 48.5 Å². The van der Waals surface area contributed by atoms with Gasteiger partial charge in [-0.05, 0) is 73.9 Å². The van der Waals surface area contributed by atoms with Crippen LogP contribution in [0.25, 0.3) is 0 Å². The molecule has 36 heavy (non-hydrogen) atoms. The van der Waals surface area contributed by atoms with Gasteiger partial charge in [0.1, 0.15) is 12.2 Å². The molecule has 0 fully saturated rings. The van der Waals surface area contributed by atoms with E-state index in [0.29, 0.717) is 11.1 Å². The fraction of sp³-hybridized carbons (Fsp3) is 0.533. The maximum Gasteiger partial charge on any atom is 0.338 e. The normalized spacial score (nSPS) is 12.3. The molecule has 0 heterocycles. The Hall–Kier alpha value is -2.70. The molecule has 0 aliphatic heterocycles. The topological polar surface area (TPSA) is 93.1 Å². The molecule has 0 aliphatic carbocycles. The highest BCUT2D eigenvalue weighted by molar-refractivity contribution is 5.90. The summed E-state index contributed by atoms with van der Waals surface area (Å²) in [5.41, 5.74) is 1.42. The van der Waals surface area contributed by atoms with Crippen molar-refractivity contribution in [2.24, 2.45) is 0 Å². The highest BCUT2D eigenvalue weighted by Gasteiger charge is 2.27. The Morgan fingerprint density at radius 3 is 1.31 bits per heavy atom. The summed E-state index contributed by atoms with van der Waals surface area (Å²) in [6, 6.07) is 14.8. The van der Waals surface area contributed by atoms with E-state index in [4.69, 9.17) is 19.7 Å². The van der Waals surface area contributed by atoms with Crippen LogP contribution in [0.3, 0.4) is 0 Å². The minimum atomic E-state index is -0.944. The number of aliphatic hydroxyl groups is 2. The summed E-state index contributed by atoms with van der Waals surface area (Å²) in [6.07, 6.45) is 0. The van der Waals surface area contributed by atoms with Crippen molar-refractivity contribution >= 4 is 11.9 Å². The van der Waals surface area contributed by atoms with Crippen molar-refractivity contribution in [1.29, 1.82) is 0 Å². The van der Waals surface area contributed by atoms with Gasteiger partial charge in [-0.3, -0.25) is 0 Å². The lowest BCUT2D eigenvalue weighted by molar-refractivity contribution is -0.0370. The van der Waals surface area contributed by atoms with Crippen molar-refractivity contribution in [3.63, 3.8) is 0 Å². The summed E-state index contributed by atoms with van der Waals surface area (Å²) in [4.78, 5) is 24.9. The molecule has 2 aromatic rings. The van der Waals surface area contributed by atoms with E-state index < -0.39 is 23.1 Å². The van der Waals surface area contributed by atoms with E-state index in [-0.39, 0.29) is 24.0 Å². The molecule has 0 aromatic heterocycles. The third-order valence-electron chi connectivity index (χ3n) is 5.28. The molecule has 2 aromatic carbocycles. The van der Waals surface area contributed by atoms with Crippen molar-refractivity contribution < 1.29 is 29.3 Å². The zero-order valence-electron chi connectivity index (χ0n) is 23.6. The van der Waals surface area contributed by atoms with Gasteiger partial charge in [0.2, 0.25) is 0 Å². The maximum atomic E-state index is 12.5. The van der Waals surface area contributed by atoms with Gasteiger partial charge in [-0.2, -0.15) is 0 Å². The van der Waals surface area contributed by atoms with Gasteiger partial charge < -0.3 is 19.7 Å². The van der Waals surface area contributed by atoms with Gasteiger partial charge in [0.25, 0.3) is 0 Å². The summed E-state index contributed by atoms with van der Waals surface area (Å²) in [5, 5.41) is 16.7. The summed E-state index contributed by atoms with van der Waals surface area (Å²) in [7, 11) is 0. The fourth-order valence-electron chi connectivity index (χ4n) is 2.87. The van der Waals surface area contributed by atoms with Crippen molar-refractivity contribution in [2.75, 3.05) is 13.2 Å². The minimum absolute atomic E-state index is 0.0149. The molecule has 6 heteroatoms. The van der Waals surface area contributed by atoms with Crippen LogP contribution in [-0.4, -0.2) is 46.6 Å². The molecule has 0 saturated heterocycles. The average Bonchev–Trinajstić information content (AvgIpc) is 2.76. The van der Waals surface area contributed by atoms with E-state index in [9.17, 15) is 9.59 Å². The van der Waals surface area contributed by atoms with Crippen molar-refractivity contribution in [3.05, 3.63) is 70.8 Å². The quantitative estimate of drug-likeness (QED) is 0.485. The molecule has 0 saturated carbocycles. The van der Waals surface area contributed by atoms with E-state index in [1.807, 2.05) is 24.3 Å². The number of hydrogen-bond donors (Lipinski definition) is 2. The highest BCUT2D eigenvalue weighted by atomic mass is 16.6. The van der Waals surface area contributed by atoms with Crippen LogP contribution >= 0.6 is 0 Å². The van der Waals surface area contributed by atoms with Crippen LogP contribution in [-0.2, 0) is 20.3 Å². The predicted molar refractivity (Wildman–Crippen MR) is 143 cm³/mol. The lowest BCUT2D eigenvalue weighted by atomic mass is 9.87. The summed E-state index contributed by atoms with van der Waals surface area (Å²) in [6.45, 7) is 19.1. The third kappa shape index (κ3) is 10.9. The summed E-state index contributed by atoms with van der Waals surface area (Å²) < 4.78 is 11.0. The van der Waals surface area contributed by atoms with Gasteiger partial charge in [-0.1, -0.05) is 65.8 Å². The van der Waals surface area contributed by atoms with Gasteiger partial charge in [-0.15, -0.1) is 0 Å². The number of esters is 2.